The molecule has 0 radical (unpaired) electrons. The van der Waals surface area contributed by atoms with Crippen LogP contribution in [0.5, 0.6) is 0 Å². The van der Waals surface area contributed by atoms with E-state index in [1.165, 1.54) is 6.26 Å². The maximum Gasteiger partial charge on any atom is 0.275 e. The summed E-state index contributed by atoms with van der Waals surface area (Å²) in [4.78, 5) is 18.5. The quantitative estimate of drug-likeness (QED) is 0.904. The van der Waals surface area contributed by atoms with E-state index in [0.717, 1.165) is 31.6 Å². The summed E-state index contributed by atoms with van der Waals surface area (Å²) in [6.45, 7) is 3.26. The van der Waals surface area contributed by atoms with E-state index in [2.05, 4.69) is 10.3 Å². The lowest BCUT2D eigenvalue weighted by atomic mass is 10.2. The van der Waals surface area contributed by atoms with Gasteiger partial charge in [-0.15, -0.1) is 0 Å². The van der Waals surface area contributed by atoms with Crippen molar-refractivity contribution in [2.45, 2.75) is 6.42 Å². The van der Waals surface area contributed by atoms with Crippen LogP contribution >= 0.6 is 0 Å². The Kier molecular flexibility index (Phi) is 3.78. The Hall–Kier alpha value is -2.14. The van der Waals surface area contributed by atoms with E-state index in [0.29, 0.717) is 18.1 Å². The van der Waals surface area contributed by atoms with Gasteiger partial charge in [0.25, 0.3) is 5.91 Å². The Labute approximate surface area is 117 Å². The van der Waals surface area contributed by atoms with Gasteiger partial charge in [0, 0.05) is 25.2 Å². The second kappa shape index (κ2) is 5.88. The van der Waals surface area contributed by atoms with E-state index in [1.807, 2.05) is 35.2 Å². The van der Waals surface area contributed by atoms with Gasteiger partial charge in [0.2, 0.25) is 5.89 Å². The third kappa shape index (κ3) is 2.72. The molecule has 1 N–H and O–H groups in total. The molecule has 5 heteroatoms. The number of hydrogen-bond acceptors (Lipinski definition) is 4. The third-order valence-corrected chi connectivity index (χ3v) is 3.37. The monoisotopic (exact) mass is 271 g/mol. The summed E-state index contributed by atoms with van der Waals surface area (Å²) in [5.74, 6) is 0.432. The lowest BCUT2D eigenvalue weighted by Gasteiger charge is -2.18. The van der Waals surface area contributed by atoms with Crippen LogP contribution in [0.4, 0.5) is 0 Å². The second-order valence-electron chi connectivity index (χ2n) is 4.80. The molecule has 1 aliphatic rings. The zero-order valence-electron chi connectivity index (χ0n) is 11.2. The molecule has 2 heterocycles. The van der Waals surface area contributed by atoms with E-state index < -0.39 is 0 Å². The maximum atomic E-state index is 12.4. The Bertz CT molecular complexity index is 572. The van der Waals surface area contributed by atoms with Crippen LogP contribution in [-0.4, -0.2) is 42.0 Å². The predicted octanol–water partition coefficient (Wildman–Crippen LogP) is 1.78. The van der Waals surface area contributed by atoms with Gasteiger partial charge in [-0.3, -0.25) is 4.79 Å². The summed E-state index contributed by atoms with van der Waals surface area (Å²) in [5.41, 5.74) is 1.26. The number of aromatic nitrogens is 1. The van der Waals surface area contributed by atoms with Crippen molar-refractivity contribution >= 4 is 5.91 Å². The highest BCUT2D eigenvalue weighted by Gasteiger charge is 2.20. The Morgan fingerprint density at radius 1 is 1.20 bits per heavy atom. The van der Waals surface area contributed by atoms with Gasteiger partial charge in [-0.2, -0.15) is 0 Å². The van der Waals surface area contributed by atoms with Crippen molar-refractivity contribution in [3.05, 3.63) is 42.3 Å². The van der Waals surface area contributed by atoms with Crippen molar-refractivity contribution in [2.24, 2.45) is 0 Å². The zero-order valence-corrected chi connectivity index (χ0v) is 11.2. The van der Waals surface area contributed by atoms with Crippen LogP contribution in [0.2, 0.25) is 0 Å². The van der Waals surface area contributed by atoms with Crippen LogP contribution in [0.3, 0.4) is 0 Å². The lowest BCUT2D eigenvalue weighted by molar-refractivity contribution is 0.0760. The van der Waals surface area contributed by atoms with Crippen LogP contribution in [0.15, 0.2) is 41.0 Å². The second-order valence-corrected chi connectivity index (χ2v) is 4.80. The number of carbonyl (C=O) groups excluding carboxylic acids is 1. The highest BCUT2D eigenvalue weighted by molar-refractivity contribution is 5.92. The van der Waals surface area contributed by atoms with Crippen molar-refractivity contribution in [3.63, 3.8) is 0 Å². The van der Waals surface area contributed by atoms with Crippen LogP contribution in [0.25, 0.3) is 11.5 Å². The van der Waals surface area contributed by atoms with Crippen LogP contribution in [-0.2, 0) is 0 Å². The number of rotatable bonds is 2. The molecule has 20 heavy (non-hydrogen) atoms. The van der Waals surface area contributed by atoms with Crippen LogP contribution in [0.1, 0.15) is 16.9 Å². The van der Waals surface area contributed by atoms with Crippen molar-refractivity contribution in [3.8, 4) is 11.5 Å². The van der Waals surface area contributed by atoms with Crippen molar-refractivity contribution in [2.75, 3.05) is 26.2 Å². The molecule has 1 aromatic heterocycles. The zero-order chi connectivity index (χ0) is 13.8. The van der Waals surface area contributed by atoms with Crippen LogP contribution in [0, 0.1) is 0 Å². The van der Waals surface area contributed by atoms with E-state index in [-0.39, 0.29) is 5.91 Å². The molecule has 0 atom stereocenters. The van der Waals surface area contributed by atoms with Gasteiger partial charge in [0.1, 0.15) is 6.26 Å². The lowest BCUT2D eigenvalue weighted by Crippen LogP contribution is -2.34. The average Bonchev–Trinajstić information content (AvgIpc) is 2.83. The van der Waals surface area contributed by atoms with E-state index >= 15 is 0 Å². The summed E-state index contributed by atoms with van der Waals surface area (Å²) >= 11 is 0. The molecule has 0 saturated carbocycles. The molecule has 0 aliphatic carbocycles. The van der Waals surface area contributed by atoms with Gasteiger partial charge in [0.15, 0.2) is 5.69 Å². The molecule has 0 bridgehead atoms. The minimum absolute atomic E-state index is 0.0559. The minimum Gasteiger partial charge on any atom is -0.444 e. The highest BCUT2D eigenvalue weighted by atomic mass is 16.3. The highest BCUT2D eigenvalue weighted by Crippen LogP contribution is 2.18. The number of hydrogen-bond donors (Lipinski definition) is 1. The minimum atomic E-state index is -0.0559. The first kappa shape index (κ1) is 12.9. The number of nitrogens with one attached hydrogen (secondary N) is 1. The van der Waals surface area contributed by atoms with E-state index in [9.17, 15) is 4.79 Å². The molecule has 0 unspecified atom stereocenters. The molecule has 1 aromatic carbocycles. The number of amides is 1. The predicted molar refractivity (Wildman–Crippen MR) is 75.3 cm³/mol. The molecule has 1 amide bonds. The summed E-state index contributed by atoms with van der Waals surface area (Å²) in [7, 11) is 0. The Morgan fingerprint density at radius 3 is 2.90 bits per heavy atom. The van der Waals surface area contributed by atoms with Crippen molar-refractivity contribution in [1.82, 2.24) is 15.2 Å². The van der Waals surface area contributed by atoms with Gasteiger partial charge < -0.3 is 14.6 Å². The fraction of sp³-hybridized carbons (Fsp3) is 0.333. The first-order chi connectivity index (χ1) is 9.84. The Balaban J connectivity index is 1.77. The fourth-order valence-corrected chi connectivity index (χ4v) is 2.30. The first-order valence-corrected chi connectivity index (χ1v) is 6.85. The van der Waals surface area contributed by atoms with Crippen LogP contribution < -0.4 is 5.32 Å². The summed E-state index contributed by atoms with van der Waals surface area (Å²) in [6.07, 6.45) is 2.41. The third-order valence-electron chi connectivity index (χ3n) is 3.37. The molecule has 1 saturated heterocycles. The molecule has 3 rings (SSSR count). The number of carbonyl (C=O) groups is 1. The van der Waals surface area contributed by atoms with Gasteiger partial charge in [-0.25, -0.2) is 4.98 Å². The fourth-order valence-electron chi connectivity index (χ4n) is 2.30. The number of oxazole rings is 1. The van der Waals surface area contributed by atoms with E-state index in [1.54, 1.807) is 0 Å². The van der Waals surface area contributed by atoms with Gasteiger partial charge in [0.05, 0.1) is 0 Å². The SMILES string of the molecule is O=C(c1coc(-c2ccccc2)n1)N1CCCNCC1. The summed E-state index contributed by atoms with van der Waals surface area (Å²) in [5, 5.41) is 3.28. The molecule has 104 valence electrons. The van der Waals surface area contributed by atoms with Crippen molar-refractivity contribution < 1.29 is 9.21 Å². The molecule has 2 aromatic rings. The smallest absolute Gasteiger partial charge is 0.275 e. The summed E-state index contributed by atoms with van der Waals surface area (Å²) < 4.78 is 5.42. The maximum absolute atomic E-state index is 12.4. The number of benzene rings is 1. The molecule has 1 fully saturated rings. The average molecular weight is 271 g/mol. The van der Waals surface area contributed by atoms with E-state index in [4.69, 9.17) is 4.42 Å². The molecule has 1 aliphatic heterocycles. The number of nitrogens with zero attached hydrogens (tertiary/aromatic N) is 2. The summed E-state index contributed by atoms with van der Waals surface area (Å²) in [6, 6.07) is 9.59. The normalized spacial score (nSPS) is 15.9. The molecule has 5 nitrogen and oxygen atoms in total. The van der Waals surface area contributed by atoms with Gasteiger partial charge in [-0.05, 0) is 25.1 Å². The molecule has 0 spiro atoms. The molecular weight excluding hydrogens is 254 g/mol. The van der Waals surface area contributed by atoms with Gasteiger partial charge >= 0.3 is 0 Å². The molecular formula is C15H17N3O2. The Morgan fingerprint density at radius 2 is 2.05 bits per heavy atom. The first-order valence-electron chi connectivity index (χ1n) is 6.85. The van der Waals surface area contributed by atoms with Gasteiger partial charge in [-0.1, -0.05) is 18.2 Å². The largest absolute Gasteiger partial charge is 0.444 e. The van der Waals surface area contributed by atoms with Crippen molar-refractivity contribution in [1.29, 1.82) is 0 Å². The standard InChI is InChI=1S/C15H17N3O2/c19-15(18-9-4-7-16-8-10-18)13-11-20-14(17-13)12-5-2-1-3-6-12/h1-3,5-6,11,16H,4,7-10H2. The topological polar surface area (TPSA) is 58.4 Å².